The summed E-state index contributed by atoms with van der Waals surface area (Å²) in [4.78, 5) is 0. The minimum atomic E-state index is -4.27. The predicted octanol–water partition coefficient (Wildman–Crippen LogP) is 7.76. The zero-order valence-electron chi connectivity index (χ0n) is 16.1. The molecule has 0 nitrogen and oxygen atoms in total. The smallest absolute Gasteiger partial charge is 0.166 e. The van der Waals surface area contributed by atoms with Crippen LogP contribution in [0.5, 0.6) is 0 Å². The van der Waals surface area contributed by atoms with Gasteiger partial charge in [-0.05, 0) is 72.8 Å². The molecule has 0 saturated heterocycles. The van der Waals surface area contributed by atoms with E-state index >= 15 is 0 Å². The fourth-order valence-electron chi connectivity index (χ4n) is 4.23. The highest BCUT2D eigenvalue weighted by molar-refractivity contribution is 5.32. The lowest BCUT2D eigenvalue weighted by Crippen LogP contribution is -2.13. The van der Waals surface area contributed by atoms with E-state index < -0.39 is 11.7 Å². The van der Waals surface area contributed by atoms with Crippen molar-refractivity contribution in [2.45, 2.75) is 70.4 Å². The summed E-state index contributed by atoms with van der Waals surface area (Å²) in [6.45, 7) is 2.26. The molecule has 0 spiro atoms. The molecule has 3 rings (SSSR count). The first kappa shape index (κ1) is 20.0. The minimum absolute atomic E-state index is 0.587. The lowest BCUT2D eigenvalue weighted by Gasteiger charge is -2.29. The molecule has 0 bridgehead atoms. The second-order valence-electron chi connectivity index (χ2n) is 7.97. The van der Waals surface area contributed by atoms with Crippen molar-refractivity contribution in [3.05, 3.63) is 70.8 Å². The van der Waals surface area contributed by atoms with E-state index in [9.17, 15) is 13.2 Å². The third kappa shape index (κ3) is 5.60. The standard InChI is InChI=1S/C24H29F3/c1-2-3-4-18-5-11-21(12-6-18)22-13-7-19(8-14-22)17-20-9-15-23(16-10-20)24(25,26)27/h7-10,13-16,18,21H,2-6,11-12,17H2,1H3. The van der Waals surface area contributed by atoms with Gasteiger partial charge >= 0.3 is 6.18 Å². The molecule has 27 heavy (non-hydrogen) atoms. The maximum absolute atomic E-state index is 12.7. The molecule has 0 aliphatic heterocycles. The van der Waals surface area contributed by atoms with Crippen molar-refractivity contribution >= 4 is 0 Å². The fraction of sp³-hybridized carbons (Fsp3) is 0.500. The minimum Gasteiger partial charge on any atom is -0.166 e. The second kappa shape index (κ2) is 8.95. The topological polar surface area (TPSA) is 0 Å². The zero-order chi connectivity index (χ0) is 19.3. The van der Waals surface area contributed by atoms with E-state index in [1.807, 2.05) is 0 Å². The van der Waals surface area contributed by atoms with E-state index in [4.69, 9.17) is 0 Å². The summed E-state index contributed by atoms with van der Waals surface area (Å²) in [5, 5.41) is 0. The van der Waals surface area contributed by atoms with E-state index in [-0.39, 0.29) is 0 Å². The number of benzene rings is 2. The van der Waals surface area contributed by atoms with Crippen molar-refractivity contribution in [1.82, 2.24) is 0 Å². The van der Waals surface area contributed by atoms with Crippen LogP contribution in [0.15, 0.2) is 48.5 Å². The molecule has 0 heterocycles. The fourth-order valence-corrected chi connectivity index (χ4v) is 4.23. The van der Waals surface area contributed by atoms with Crippen LogP contribution < -0.4 is 0 Å². The van der Waals surface area contributed by atoms with Gasteiger partial charge in [0, 0.05) is 0 Å². The molecule has 1 saturated carbocycles. The van der Waals surface area contributed by atoms with Gasteiger partial charge in [-0.15, -0.1) is 0 Å². The molecule has 3 heteroatoms. The van der Waals surface area contributed by atoms with E-state index in [0.717, 1.165) is 17.0 Å². The first-order valence-electron chi connectivity index (χ1n) is 10.2. The Morgan fingerprint density at radius 1 is 0.815 bits per heavy atom. The van der Waals surface area contributed by atoms with Crippen molar-refractivity contribution in [2.75, 3.05) is 0 Å². The first-order valence-corrected chi connectivity index (χ1v) is 10.2. The summed E-state index contributed by atoms with van der Waals surface area (Å²) in [6.07, 6.45) is 5.69. The lowest BCUT2D eigenvalue weighted by atomic mass is 9.77. The van der Waals surface area contributed by atoms with Crippen molar-refractivity contribution in [2.24, 2.45) is 5.92 Å². The molecule has 1 aliphatic carbocycles. The molecule has 0 aromatic heterocycles. The Morgan fingerprint density at radius 3 is 1.89 bits per heavy atom. The van der Waals surface area contributed by atoms with E-state index in [2.05, 4.69) is 31.2 Å². The first-order chi connectivity index (χ1) is 13.0. The Balaban J connectivity index is 1.55. The number of alkyl halides is 3. The summed E-state index contributed by atoms with van der Waals surface area (Å²) in [5.74, 6) is 1.59. The molecule has 0 radical (unpaired) electrons. The van der Waals surface area contributed by atoms with Gasteiger partial charge in [0.2, 0.25) is 0 Å². The van der Waals surface area contributed by atoms with Gasteiger partial charge in [0.1, 0.15) is 0 Å². The monoisotopic (exact) mass is 374 g/mol. The summed E-state index contributed by atoms with van der Waals surface area (Å²) in [5.41, 5.74) is 2.89. The van der Waals surface area contributed by atoms with Crippen LogP contribution in [0.3, 0.4) is 0 Å². The Kier molecular flexibility index (Phi) is 6.62. The van der Waals surface area contributed by atoms with Crippen LogP contribution in [0.1, 0.15) is 80.0 Å². The highest BCUT2D eigenvalue weighted by Gasteiger charge is 2.29. The van der Waals surface area contributed by atoms with Crippen LogP contribution in [0, 0.1) is 5.92 Å². The van der Waals surface area contributed by atoms with Gasteiger partial charge in [-0.2, -0.15) is 13.2 Å². The highest BCUT2D eigenvalue weighted by atomic mass is 19.4. The molecule has 0 unspecified atom stereocenters. The molecule has 2 aromatic rings. The van der Waals surface area contributed by atoms with E-state index in [0.29, 0.717) is 12.3 Å². The largest absolute Gasteiger partial charge is 0.416 e. The number of halogens is 3. The van der Waals surface area contributed by atoms with Gasteiger partial charge in [-0.1, -0.05) is 62.6 Å². The summed E-state index contributed by atoms with van der Waals surface area (Å²) >= 11 is 0. The van der Waals surface area contributed by atoms with E-state index in [1.165, 1.54) is 62.6 Å². The van der Waals surface area contributed by atoms with Crippen LogP contribution in [0.25, 0.3) is 0 Å². The third-order valence-electron chi connectivity index (χ3n) is 5.95. The van der Waals surface area contributed by atoms with Crippen LogP contribution in [-0.2, 0) is 12.6 Å². The molecule has 1 fully saturated rings. The van der Waals surface area contributed by atoms with E-state index in [1.54, 1.807) is 12.1 Å². The van der Waals surface area contributed by atoms with Crippen LogP contribution in [-0.4, -0.2) is 0 Å². The molecular formula is C24H29F3. The maximum atomic E-state index is 12.7. The molecular weight excluding hydrogens is 345 g/mol. The molecule has 146 valence electrons. The molecule has 0 atom stereocenters. The summed E-state index contributed by atoms with van der Waals surface area (Å²) in [6, 6.07) is 14.2. The lowest BCUT2D eigenvalue weighted by molar-refractivity contribution is -0.137. The summed E-state index contributed by atoms with van der Waals surface area (Å²) < 4.78 is 38.0. The average molecular weight is 374 g/mol. The van der Waals surface area contributed by atoms with Gasteiger partial charge in [0.25, 0.3) is 0 Å². The van der Waals surface area contributed by atoms with Crippen LogP contribution in [0.2, 0.25) is 0 Å². The number of rotatable bonds is 6. The number of unbranched alkanes of at least 4 members (excludes halogenated alkanes) is 1. The number of hydrogen-bond donors (Lipinski definition) is 0. The van der Waals surface area contributed by atoms with Crippen molar-refractivity contribution in [3.63, 3.8) is 0 Å². The van der Waals surface area contributed by atoms with Gasteiger partial charge in [-0.3, -0.25) is 0 Å². The summed E-state index contributed by atoms with van der Waals surface area (Å²) in [7, 11) is 0. The third-order valence-corrected chi connectivity index (χ3v) is 5.95. The number of hydrogen-bond acceptors (Lipinski definition) is 0. The Hall–Kier alpha value is -1.77. The Bertz CT molecular complexity index is 690. The zero-order valence-corrected chi connectivity index (χ0v) is 16.1. The predicted molar refractivity (Wildman–Crippen MR) is 105 cm³/mol. The molecule has 0 N–H and O–H groups in total. The Labute approximate surface area is 160 Å². The van der Waals surface area contributed by atoms with Gasteiger partial charge < -0.3 is 0 Å². The maximum Gasteiger partial charge on any atom is 0.416 e. The Morgan fingerprint density at radius 2 is 1.37 bits per heavy atom. The quantitative estimate of drug-likeness (QED) is 0.484. The van der Waals surface area contributed by atoms with Gasteiger partial charge in [-0.25, -0.2) is 0 Å². The average Bonchev–Trinajstić information content (AvgIpc) is 2.67. The molecule has 1 aliphatic rings. The molecule has 0 amide bonds. The SMILES string of the molecule is CCCCC1CCC(c2ccc(Cc3ccc(C(F)(F)F)cc3)cc2)CC1. The van der Waals surface area contributed by atoms with Gasteiger partial charge in [0.15, 0.2) is 0 Å². The van der Waals surface area contributed by atoms with Crippen molar-refractivity contribution in [1.29, 1.82) is 0 Å². The second-order valence-corrected chi connectivity index (χ2v) is 7.97. The van der Waals surface area contributed by atoms with Gasteiger partial charge in [0.05, 0.1) is 5.56 Å². The van der Waals surface area contributed by atoms with Crippen molar-refractivity contribution in [3.8, 4) is 0 Å². The van der Waals surface area contributed by atoms with Crippen LogP contribution >= 0.6 is 0 Å². The normalized spacial score (nSPS) is 20.6. The van der Waals surface area contributed by atoms with Crippen LogP contribution in [0.4, 0.5) is 13.2 Å². The van der Waals surface area contributed by atoms with Crippen molar-refractivity contribution < 1.29 is 13.2 Å². The highest BCUT2D eigenvalue weighted by Crippen LogP contribution is 2.37. The molecule has 2 aromatic carbocycles.